The summed E-state index contributed by atoms with van der Waals surface area (Å²) in [5.74, 6) is 1.20. The molecule has 0 aromatic rings. The molecule has 0 radical (unpaired) electrons. The van der Waals surface area contributed by atoms with E-state index in [1.807, 2.05) is 0 Å². The average Bonchev–Trinajstić information content (AvgIpc) is 2.39. The SMILES string of the molecule is CCC(=O)OC1=CC(=O)CC(C2CCOCC2)C1. The van der Waals surface area contributed by atoms with Crippen LogP contribution in [0.4, 0.5) is 0 Å². The van der Waals surface area contributed by atoms with Crippen LogP contribution in [-0.2, 0) is 19.1 Å². The van der Waals surface area contributed by atoms with Crippen molar-refractivity contribution in [3.8, 4) is 0 Å². The van der Waals surface area contributed by atoms with E-state index in [4.69, 9.17) is 9.47 Å². The average molecular weight is 252 g/mol. The zero-order valence-corrected chi connectivity index (χ0v) is 10.8. The molecule has 4 nitrogen and oxygen atoms in total. The van der Waals surface area contributed by atoms with E-state index < -0.39 is 0 Å². The molecule has 1 atom stereocenters. The molecule has 0 bridgehead atoms. The number of hydrogen-bond acceptors (Lipinski definition) is 4. The van der Waals surface area contributed by atoms with Crippen LogP contribution in [0.25, 0.3) is 0 Å². The third-order valence-electron chi connectivity index (χ3n) is 3.71. The van der Waals surface area contributed by atoms with Crippen molar-refractivity contribution in [1.29, 1.82) is 0 Å². The number of carbonyl (C=O) groups is 2. The summed E-state index contributed by atoms with van der Waals surface area (Å²) in [5.41, 5.74) is 0. The molecule has 2 aliphatic rings. The van der Waals surface area contributed by atoms with E-state index in [2.05, 4.69) is 0 Å². The summed E-state index contributed by atoms with van der Waals surface area (Å²) >= 11 is 0. The molecule has 1 heterocycles. The topological polar surface area (TPSA) is 52.6 Å². The van der Waals surface area contributed by atoms with Crippen molar-refractivity contribution in [3.63, 3.8) is 0 Å². The Morgan fingerprint density at radius 3 is 2.72 bits per heavy atom. The van der Waals surface area contributed by atoms with E-state index in [1.165, 1.54) is 6.08 Å². The maximum Gasteiger partial charge on any atom is 0.310 e. The smallest absolute Gasteiger partial charge is 0.310 e. The van der Waals surface area contributed by atoms with Gasteiger partial charge >= 0.3 is 5.97 Å². The highest BCUT2D eigenvalue weighted by molar-refractivity contribution is 5.91. The van der Waals surface area contributed by atoms with E-state index in [9.17, 15) is 9.59 Å². The van der Waals surface area contributed by atoms with Gasteiger partial charge < -0.3 is 9.47 Å². The van der Waals surface area contributed by atoms with Gasteiger partial charge in [-0.2, -0.15) is 0 Å². The van der Waals surface area contributed by atoms with Crippen molar-refractivity contribution in [2.45, 2.75) is 39.0 Å². The lowest BCUT2D eigenvalue weighted by Crippen LogP contribution is -2.28. The molecular weight excluding hydrogens is 232 g/mol. The maximum absolute atomic E-state index is 11.7. The van der Waals surface area contributed by atoms with Crippen LogP contribution in [-0.4, -0.2) is 25.0 Å². The van der Waals surface area contributed by atoms with Gasteiger partial charge in [0.15, 0.2) is 5.78 Å². The summed E-state index contributed by atoms with van der Waals surface area (Å²) in [5, 5.41) is 0. The molecule has 18 heavy (non-hydrogen) atoms. The largest absolute Gasteiger partial charge is 0.431 e. The molecule has 0 aromatic carbocycles. The lowest BCUT2D eigenvalue weighted by Gasteiger charge is -2.32. The van der Waals surface area contributed by atoms with Crippen molar-refractivity contribution in [2.75, 3.05) is 13.2 Å². The zero-order chi connectivity index (χ0) is 13.0. The van der Waals surface area contributed by atoms with Crippen LogP contribution in [0.3, 0.4) is 0 Å². The first kappa shape index (κ1) is 13.3. The van der Waals surface area contributed by atoms with E-state index in [-0.39, 0.29) is 11.8 Å². The fraction of sp³-hybridized carbons (Fsp3) is 0.714. The van der Waals surface area contributed by atoms with Gasteiger partial charge in [-0.1, -0.05) is 6.92 Å². The van der Waals surface area contributed by atoms with E-state index in [0.29, 0.717) is 36.9 Å². The molecule has 1 aliphatic heterocycles. The molecule has 0 amide bonds. The number of carbonyl (C=O) groups excluding carboxylic acids is 2. The Balaban J connectivity index is 1.97. The predicted molar refractivity (Wildman–Crippen MR) is 65.7 cm³/mol. The monoisotopic (exact) mass is 252 g/mol. The Bertz CT molecular complexity index is 353. The van der Waals surface area contributed by atoms with Gasteiger partial charge in [-0.15, -0.1) is 0 Å². The second-order valence-electron chi connectivity index (χ2n) is 5.02. The molecule has 0 N–H and O–H groups in total. The first-order valence-corrected chi connectivity index (χ1v) is 6.71. The van der Waals surface area contributed by atoms with Crippen LogP contribution in [0.5, 0.6) is 0 Å². The number of rotatable bonds is 3. The Kier molecular flexibility index (Phi) is 4.53. The first-order valence-electron chi connectivity index (χ1n) is 6.71. The van der Waals surface area contributed by atoms with E-state index in [1.54, 1.807) is 6.92 Å². The Labute approximate surface area is 107 Å². The van der Waals surface area contributed by atoms with E-state index >= 15 is 0 Å². The molecule has 4 heteroatoms. The Morgan fingerprint density at radius 1 is 1.33 bits per heavy atom. The van der Waals surface area contributed by atoms with Crippen LogP contribution in [0.1, 0.15) is 39.0 Å². The van der Waals surface area contributed by atoms with Crippen molar-refractivity contribution in [3.05, 3.63) is 11.8 Å². The molecule has 0 saturated carbocycles. The second-order valence-corrected chi connectivity index (χ2v) is 5.02. The van der Waals surface area contributed by atoms with Crippen molar-refractivity contribution < 1.29 is 19.1 Å². The van der Waals surface area contributed by atoms with Crippen molar-refractivity contribution in [1.82, 2.24) is 0 Å². The van der Waals surface area contributed by atoms with Gasteiger partial charge in [0.1, 0.15) is 5.76 Å². The molecule has 1 fully saturated rings. The zero-order valence-electron chi connectivity index (χ0n) is 10.8. The first-order chi connectivity index (χ1) is 8.69. The van der Waals surface area contributed by atoms with Crippen LogP contribution < -0.4 is 0 Å². The second kappa shape index (κ2) is 6.14. The standard InChI is InChI=1S/C14H20O4/c1-2-14(16)18-13-8-11(7-12(15)9-13)10-3-5-17-6-4-10/h9-11H,2-8H2,1H3. The maximum atomic E-state index is 11.7. The third kappa shape index (κ3) is 3.42. The molecular formula is C14H20O4. The van der Waals surface area contributed by atoms with Crippen LogP contribution in [0.2, 0.25) is 0 Å². The number of ketones is 1. The fourth-order valence-electron chi connectivity index (χ4n) is 2.70. The molecule has 0 spiro atoms. The number of hydrogen-bond donors (Lipinski definition) is 0. The van der Waals surface area contributed by atoms with Gasteiger partial charge in [-0.25, -0.2) is 0 Å². The fourth-order valence-corrected chi connectivity index (χ4v) is 2.70. The van der Waals surface area contributed by atoms with Gasteiger partial charge in [0.2, 0.25) is 0 Å². The van der Waals surface area contributed by atoms with Crippen molar-refractivity contribution >= 4 is 11.8 Å². The summed E-state index contributed by atoms with van der Waals surface area (Å²) in [6.45, 7) is 3.32. The van der Waals surface area contributed by atoms with E-state index in [0.717, 1.165) is 26.1 Å². The van der Waals surface area contributed by atoms with Gasteiger partial charge in [0, 0.05) is 38.6 Å². The van der Waals surface area contributed by atoms with Gasteiger partial charge in [-0.05, 0) is 24.7 Å². The Hall–Kier alpha value is -1.16. The molecule has 1 unspecified atom stereocenters. The highest BCUT2D eigenvalue weighted by atomic mass is 16.5. The molecule has 0 aromatic heterocycles. The summed E-state index contributed by atoms with van der Waals surface area (Å²) in [6, 6.07) is 0. The minimum atomic E-state index is -0.262. The number of esters is 1. The lowest BCUT2D eigenvalue weighted by molar-refractivity contribution is -0.139. The number of allylic oxidation sites excluding steroid dienone is 2. The molecule has 100 valence electrons. The highest BCUT2D eigenvalue weighted by Crippen LogP contribution is 2.34. The van der Waals surface area contributed by atoms with Crippen LogP contribution in [0.15, 0.2) is 11.8 Å². The quantitative estimate of drug-likeness (QED) is 0.723. The normalized spacial score (nSPS) is 25.7. The summed E-state index contributed by atoms with van der Waals surface area (Å²) < 4.78 is 10.5. The molecule has 1 saturated heterocycles. The molecule has 1 aliphatic carbocycles. The van der Waals surface area contributed by atoms with Crippen LogP contribution in [0, 0.1) is 11.8 Å². The summed E-state index contributed by atoms with van der Waals surface area (Å²) in [7, 11) is 0. The molecule has 2 rings (SSSR count). The highest BCUT2D eigenvalue weighted by Gasteiger charge is 2.30. The summed E-state index contributed by atoms with van der Waals surface area (Å²) in [6.07, 6.45) is 5.14. The van der Waals surface area contributed by atoms with Gasteiger partial charge in [0.05, 0.1) is 0 Å². The summed E-state index contributed by atoms with van der Waals surface area (Å²) in [4.78, 5) is 23.0. The third-order valence-corrected chi connectivity index (χ3v) is 3.71. The van der Waals surface area contributed by atoms with Gasteiger partial charge in [0.25, 0.3) is 0 Å². The minimum Gasteiger partial charge on any atom is -0.431 e. The number of ether oxygens (including phenoxy) is 2. The predicted octanol–water partition coefficient (Wildman–Crippen LogP) is 2.23. The van der Waals surface area contributed by atoms with Crippen LogP contribution >= 0.6 is 0 Å². The minimum absolute atomic E-state index is 0.0802. The Morgan fingerprint density at radius 2 is 2.06 bits per heavy atom. The lowest BCUT2D eigenvalue weighted by atomic mass is 9.78. The van der Waals surface area contributed by atoms with Crippen molar-refractivity contribution in [2.24, 2.45) is 11.8 Å². The van der Waals surface area contributed by atoms with Gasteiger partial charge in [-0.3, -0.25) is 9.59 Å².